The van der Waals surface area contributed by atoms with Gasteiger partial charge in [0, 0.05) is 24.9 Å². The van der Waals surface area contributed by atoms with Crippen molar-refractivity contribution < 1.29 is 9.90 Å². The summed E-state index contributed by atoms with van der Waals surface area (Å²) in [4.78, 5) is 19.0. The Balaban J connectivity index is 1.61. The summed E-state index contributed by atoms with van der Waals surface area (Å²) in [6.45, 7) is 5.32. The van der Waals surface area contributed by atoms with Crippen LogP contribution < -0.4 is 0 Å². The third-order valence-electron chi connectivity index (χ3n) is 4.76. The Labute approximate surface area is 147 Å². The van der Waals surface area contributed by atoms with Crippen LogP contribution in [0.4, 0.5) is 0 Å². The van der Waals surface area contributed by atoms with Crippen LogP contribution in [0.3, 0.4) is 0 Å². The maximum Gasteiger partial charge on any atom is 0.273 e. The lowest BCUT2D eigenvalue weighted by atomic mass is 9.92. The van der Waals surface area contributed by atoms with E-state index in [0.717, 1.165) is 24.3 Å². The zero-order valence-electron chi connectivity index (χ0n) is 14.2. The largest absolute Gasteiger partial charge is 0.393 e. The highest BCUT2D eigenvalue weighted by atomic mass is 32.1. The number of aliphatic hydroxyl groups is 1. The molecule has 1 amide bonds. The molecule has 2 aromatic rings. The maximum atomic E-state index is 12.6. The van der Waals surface area contributed by atoms with Crippen LogP contribution in [-0.2, 0) is 6.42 Å². The van der Waals surface area contributed by atoms with E-state index in [1.54, 1.807) is 11.3 Å². The molecule has 0 bridgehead atoms. The van der Waals surface area contributed by atoms with Crippen molar-refractivity contribution in [2.45, 2.75) is 39.2 Å². The highest BCUT2D eigenvalue weighted by molar-refractivity contribution is 7.09. The molecule has 0 radical (unpaired) electrons. The van der Waals surface area contributed by atoms with Gasteiger partial charge in [-0.15, -0.1) is 11.3 Å². The van der Waals surface area contributed by atoms with Crippen molar-refractivity contribution in [2.75, 3.05) is 13.1 Å². The number of piperidine rings is 1. The minimum Gasteiger partial charge on any atom is -0.393 e. The number of aliphatic hydroxyl groups excluding tert-OH is 1. The molecule has 1 atom stereocenters. The third kappa shape index (κ3) is 4.02. The number of carbonyl (C=O) groups excluding carboxylic acids is 1. The number of amides is 1. The monoisotopic (exact) mass is 344 g/mol. The first-order valence-electron chi connectivity index (χ1n) is 8.50. The molecule has 4 nitrogen and oxygen atoms in total. The van der Waals surface area contributed by atoms with E-state index in [4.69, 9.17) is 0 Å². The van der Waals surface area contributed by atoms with Gasteiger partial charge in [0.15, 0.2) is 0 Å². The normalized spacial score (nSPS) is 17.0. The van der Waals surface area contributed by atoms with Crippen molar-refractivity contribution in [3.63, 3.8) is 0 Å². The van der Waals surface area contributed by atoms with Crippen LogP contribution in [0.5, 0.6) is 0 Å². The number of benzene rings is 1. The van der Waals surface area contributed by atoms with Crippen LogP contribution >= 0.6 is 11.3 Å². The fourth-order valence-electron chi connectivity index (χ4n) is 3.12. The fraction of sp³-hybridized carbons (Fsp3) is 0.474. The zero-order chi connectivity index (χ0) is 17.1. The van der Waals surface area contributed by atoms with Crippen LogP contribution in [0.1, 0.15) is 46.4 Å². The summed E-state index contributed by atoms with van der Waals surface area (Å²) in [6, 6.07) is 8.42. The topological polar surface area (TPSA) is 53.4 Å². The summed E-state index contributed by atoms with van der Waals surface area (Å²) < 4.78 is 0. The van der Waals surface area contributed by atoms with Crippen molar-refractivity contribution >= 4 is 17.2 Å². The van der Waals surface area contributed by atoms with Gasteiger partial charge in [0.05, 0.1) is 11.1 Å². The van der Waals surface area contributed by atoms with E-state index >= 15 is 0 Å². The Morgan fingerprint density at radius 3 is 2.62 bits per heavy atom. The first kappa shape index (κ1) is 17.1. The van der Waals surface area contributed by atoms with Gasteiger partial charge in [-0.05, 0) is 38.2 Å². The Hall–Kier alpha value is -1.72. The minimum atomic E-state index is -0.289. The third-order valence-corrected chi connectivity index (χ3v) is 5.60. The second-order valence-electron chi connectivity index (χ2n) is 6.66. The van der Waals surface area contributed by atoms with Crippen molar-refractivity contribution in [3.8, 4) is 0 Å². The minimum absolute atomic E-state index is 0.0189. The smallest absolute Gasteiger partial charge is 0.273 e. The average molecular weight is 344 g/mol. The van der Waals surface area contributed by atoms with Gasteiger partial charge in [0.1, 0.15) is 5.69 Å². The SMILES string of the molecule is Cc1ccc(Cc2nc(C(=O)N3CCC(C(C)O)CC3)cs2)cc1. The molecule has 1 fully saturated rings. The van der Waals surface area contributed by atoms with E-state index in [-0.39, 0.29) is 12.0 Å². The van der Waals surface area contributed by atoms with Gasteiger partial charge in [0.25, 0.3) is 5.91 Å². The highest BCUT2D eigenvalue weighted by Crippen LogP contribution is 2.23. The lowest BCUT2D eigenvalue weighted by molar-refractivity contribution is 0.0517. The molecule has 0 aliphatic carbocycles. The molecular weight excluding hydrogens is 320 g/mol. The van der Waals surface area contributed by atoms with Crippen LogP contribution in [-0.4, -0.2) is 40.1 Å². The molecule has 1 unspecified atom stereocenters. The second-order valence-corrected chi connectivity index (χ2v) is 7.60. The standard InChI is InChI=1S/C19H24N2O2S/c1-13-3-5-15(6-4-13)11-18-20-17(12-24-18)19(23)21-9-7-16(8-10-21)14(2)22/h3-6,12,14,16,22H,7-11H2,1-2H3. The summed E-state index contributed by atoms with van der Waals surface area (Å²) in [5.41, 5.74) is 3.01. The number of aromatic nitrogens is 1. The van der Waals surface area contributed by atoms with Gasteiger partial charge in [-0.2, -0.15) is 0 Å². The first-order chi connectivity index (χ1) is 11.5. The molecule has 1 saturated heterocycles. The number of hydrogen-bond acceptors (Lipinski definition) is 4. The van der Waals surface area contributed by atoms with Crippen LogP contribution in [0.2, 0.25) is 0 Å². The highest BCUT2D eigenvalue weighted by Gasteiger charge is 2.27. The van der Waals surface area contributed by atoms with Crippen molar-refractivity contribution in [2.24, 2.45) is 5.92 Å². The Bertz CT molecular complexity index is 686. The molecule has 1 aliphatic rings. The van der Waals surface area contributed by atoms with E-state index in [9.17, 15) is 9.90 Å². The van der Waals surface area contributed by atoms with E-state index in [2.05, 4.69) is 36.2 Å². The molecule has 1 aliphatic heterocycles. The van der Waals surface area contributed by atoms with Crippen LogP contribution in [0.15, 0.2) is 29.6 Å². The zero-order valence-corrected chi connectivity index (χ0v) is 15.1. The van der Waals surface area contributed by atoms with E-state index in [1.165, 1.54) is 11.1 Å². The summed E-state index contributed by atoms with van der Waals surface area (Å²) in [6.07, 6.45) is 2.21. The molecule has 1 aromatic heterocycles. The maximum absolute atomic E-state index is 12.6. The summed E-state index contributed by atoms with van der Waals surface area (Å²) >= 11 is 1.55. The predicted octanol–water partition coefficient (Wildman–Crippen LogP) is 3.28. The Morgan fingerprint density at radius 1 is 1.33 bits per heavy atom. The molecule has 1 aromatic carbocycles. The molecular formula is C19H24N2O2S. The van der Waals surface area contributed by atoms with Crippen molar-refractivity contribution in [3.05, 3.63) is 51.5 Å². The molecule has 0 saturated carbocycles. The first-order valence-corrected chi connectivity index (χ1v) is 9.38. The fourth-order valence-corrected chi connectivity index (χ4v) is 3.92. The summed E-state index contributed by atoms with van der Waals surface area (Å²) in [5, 5.41) is 12.5. The number of thiazole rings is 1. The second kappa shape index (κ2) is 7.45. The summed E-state index contributed by atoms with van der Waals surface area (Å²) in [5.74, 6) is 0.326. The quantitative estimate of drug-likeness (QED) is 0.926. The molecule has 1 N–H and O–H groups in total. The average Bonchev–Trinajstić information content (AvgIpc) is 3.05. The van der Waals surface area contributed by atoms with E-state index in [0.29, 0.717) is 24.7 Å². The number of carbonyl (C=O) groups is 1. The van der Waals surface area contributed by atoms with Crippen LogP contribution in [0.25, 0.3) is 0 Å². The lowest BCUT2D eigenvalue weighted by Crippen LogP contribution is -2.40. The number of rotatable bonds is 4. The Kier molecular flexibility index (Phi) is 5.31. The molecule has 2 heterocycles. The van der Waals surface area contributed by atoms with Crippen molar-refractivity contribution in [1.29, 1.82) is 0 Å². The number of nitrogens with zero attached hydrogens (tertiary/aromatic N) is 2. The number of aryl methyl sites for hydroxylation is 1. The van der Waals surface area contributed by atoms with Gasteiger partial charge >= 0.3 is 0 Å². The van der Waals surface area contributed by atoms with Gasteiger partial charge in [-0.1, -0.05) is 29.8 Å². The van der Waals surface area contributed by atoms with Crippen molar-refractivity contribution in [1.82, 2.24) is 9.88 Å². The van der Waals surface area contributed by atoms with Gasteiger partial charge < -0.3 is 10.0 Å². The van der Waals surface area contributed by atoms with Gasteiger partial charge in [-0.25, -0.2) is 4.98 Å². The number of hydrogen-bond donors (Lipinski definition) is 1. The molecule has 5 heteroatoms. The summed E-state index contributed by atoms with van der Waals surface area (Å²) in [7, 11) is 0. The molecule has 3 rings (SSSR count). The Morgan fingerprint density at radius 2 is 2.00 bits per heavy atom. The molecule has 24 heavy (non-hydrogen) atoms. The van der Waals surface area contributed by atoms with E-state index < -0.39 is 0 Å². The predicted molar refractivity (Wildman–Crippen MR) is 96.4 cm³/mol. The molecule has 128 valence electrons. The van der Waals surface area contributed by atoms with Crippen LogP contribution in [0, 0.1) is 12.8 Å². The van der Waals surface area contributed by atoms with Gasteiger partial charge in [0.2, 0.25) is 0 Å². The van der Waals surface area contributed by atoms with Gasteiger partial charge in [-0.3, -0.25) is 4.79 Å². The lowest BCUT2D eigenvalue weighted by Gasteiger charge is -2.32. The molecule has 0 spiro atoms. The number of likely N-dealkylation sites (tertiary alicyclic amines) is 1. The van der Waals surface area contributed by atoms with E-state index in [1.807, 2.05) is 17.2 Å².